The van der Waals surface area contributed by atoms with E-state index in [-0.39, 0.29) is 6.09 Å². The second-order valence-electron chi connectivity index (χ2n) is 5.76. The molecule has 1 amide bonds. The first-order valence-corrected chi connectivity index (χ1v) is 6.79. The van der Waals surface area contributed by atoms with E-state index in [0.717, 1.165) is 29.7 Å². The smallest absolute Gasteiger partial charge is 0.414 e. The predicted octanol–water partition coefficient (Wildman–Crippen LogP) is 2.71. The van der Waals surface area contributed by atoms with Gasteiger partial charge in [-0.1, -0.05) is 0 Å². The maximum Gasteiger partial charge on any atom is 0.414 e. The standard InChI is InChI=1S/C15H25N3O2/c1-15(2,3)20-14(19)18(6)13-11(9-16-4)7-8-12(13)10-17-5/h9-10,16H,7-8H2,1-6H3. The Labute approximate surface area is 121 Å². The van der Waals surface area contributed by atoms with Crippen LogP contribution in [0.25, 0.3) is 0 Å². The van der Waals surface area contributed by atoms with Gasteiger partial charge in [-0.25, -0.2) is 4.79 Å². The van der Waals surface area contributed by atoms with Crippen LogP contribution in [0.4, 0.5) is 4.79 Å². The molecule has 0 aliphatic heterocycles. The van der Waals surface area contributed by atoms with E-state index in [1.807, 2.05) is 40.2 Å². The fourth-order valence-corrected chi connectivity index (χ4v) is 2.16. The first-order valence-electron chi connectivity index (χ1n) is 6.79. The minimum absolute atomic E-state index is 0.349. The van der Waals surface area contributed by atoms with Crippen LogP contribution in [-0.4, -0.2) is 44.0 Å². The Balaban J connectivity index is 3.06. The molecule has 0 radical (unpaired) electrons. The zero-order valence-electron chi connectivity index (χ0n) is 13.3. The van der Waals surface area contributed by atoms with Crippen LogP contribution in [0.2, 0.25) is 0 Å². The van der Waals surface area contributed by atoms with E-state index < -0.39 is 5.60 Å². The van der Waals surface area contributed by atoms with E-state index in [2.05, 4.69) is 10.3 Å². The van der Waals surface area contributed by atoms with Crippen LogP contribution < -0.4 is 5.32 Å². The summed E-state index contributed by atoms with van der Waals surface area (Å²) in [6.07, 6.45) is 5.16. The molecule has 1 aliphatic rings. The Bertz CT molecular complexity index is 456. The Morgan fingerprint density at radius 1 is 1.40 bits per heavy atom. The van der Waals surface area contributed by atoms with Gasteiger partial charge in [0.1, 0.15) is 5.60 Å². The summed E-state index contributed by atoms with van der Waals surface area (Å²) >= 11 is 0. The summed E-state index contributed by atoms with van der Waals surface area (Å²) in [5.41, 5.74) is 2.54. The van der Waals surface area contributed by atoms with Crippen LogP contribution in [0.1, 0.15) is 33.6 Å². The summed E-state index contributed by atoms with van der Waals surface area (Å²) in [6.45, 7) is 5.58. The molecule has 5 heteroatoms. The molecule has 0 fully saturated rings. The molecule has 0 unspecified atom stereocenters. The average molecular weight is 279 g/mol. The molecule has 20 heavy (non-hydrogen) atoms. The number of likely N-dealkylation sites (N-methyl/N-ethyl adjacent to an activating group) is 1. The summed E-state index contributed by atoms with van der Waals surface area (Å²) in [7, 11) is 5.32. The highest BCUT2D eigenvalue weighted by molar-refractivity contribution is 5.84. The van der Waals surface area contributed by atoms with Crippen LogP contribution in [0.15, 0.2) is 28.0 Å². The lowest BCUT2D eigenvalue weighted by molar-refractivity contribution is 0.0357. The number of allylic oxidation sites excluding steroid dienone is 2. The first kappa shape index (κ1) is 16.3. The van der Waals surface area contributed by atoms with Gasteiger partial charge >= 0.3 is 6.09 Å². The maximum absolute atomic E-state index is 12.2. The van der Waals surface area contributed by atoms with Crippen LogP contribution in [0, 0.1) is 0 Å². The number of amides is 1. The van der Waals surface area contributed by atoms with E-state index in [4.69, 9.17) is 4.74 Å². The summed E-state index contributed by atoms with van der Waals surface area (Å²) in [5.74, 6) is 0. The lowest BCUT2D eigenvalue weighted by atomic mass is 10.2. The van der Waals surface area contributed by atoms with E-state index in [9.17, 15) is 4.79 Å². The van der Waals surface area contributed by atoms with Gasteiger partial charge in [-0.05, 0) is 44.8 Å². The van der Waals surface area contributed by atoms with Gasteiger partial charge in [-0.15, -0.1) is 0 Å². The fraction of sp³-hybridized carbons (Fsp3) is 0.600. The van der Waals surface area contributed by atoms with Crippen molar-refractivity contribution in [2.24, 2.45) is 4.99 Å². The van der Waals surface area contributed by atoms with Crippen molar-refractivity contribution in [3.8, 4) is 0 Å². The van der Waals surface area contributed by atoms with Gasteiger partial charge in [0.15, 0.2) is 0 Å². The van der Waals surface area contributed by atoms with E-state index in [1.165, 1.54) is 0 Å². The second kappa shape index (κ2) is 6.59. The highest BCUT2D eigenvalue weighted by Gasteiger charge is 2.28. The third-order valence-electron chi connectivity index (χ3n) is 2.88. The average Bonchev–Trinajstić information content (AvgIpc) is 2.70. The molecular weight excluding hydrogens is 254 g/mol. The highest BCUT2D eigenvalue weighted by Crippen LogP contribution is 2.32. The minimum Gasteiger partial charge on any atom is -0.443 e. The molecule has 1 rings (SSSR count). The molecule has 0 bridgehead atoms. The van der Waals surface area contributed by atoms with Crippen molar-refractivity contribution in [1.29, 1.82) is 0 Å². The second-order valence-corrected chi connectivity index (χ2v) is 5.76. The van der Waals surface area contributed by atoms with Crippen LogP contribution in [-0.2, 0) is 4.74 Å². The zero-order valence-corrected chi connectivity index (χ0v) is 13.3. The van der Waals surface area contributed by atoms with Gasteiger partial charge in [0.2, 0.25) is 0 Å². The maximum atomic E-state index is 12.2. The van der Waals surface area contributed by atoms with Crippen molar-refractivity contribution in [2.45, 2.75) is 39.2 Å². The van der Waals surface area contributed by atoms with Gasteiger partial charge < -0.3 is 10.1 Å². The number of hydrogen-bond acceptors (Lipinski definition) is 4. The topological polar surface area (TPSA) is 53.9 Å². The zero-order chi connectivity index (χ0) is 15.3. The molecule has 112 valence electrons. The van der Waals surface area contributed by atoms with Crippen molar-refractivity contribution in [1.82, 2.24) is 10.2 Å². The number of hydrogen-bond donors (Lipinski definition) is 1. The van der Waals surface area contributed by atoms with Crippen LogP contribution >= 0.6 is 0 Å². The summed E-state index contributed by atoms with van der Waals surface area (Å²) in [6, 6.07) is 0. The Morgan fingerprint density at radius 3 is 2.55 bits per heavy atom. The number of rotatable bonds is 3. The number of ether oxygens (including phenoxy) is 1. The fourth-order valence-electron chi connectivity index (χ4n) is 2.16. The largest absolute Gasteiger partial charge is 0.443 e. The summed E-state index contributed by atoms with van der Waals surface area (Å²) in [4.78, 5) is 17.9. The molecule has 0 heterocycles. The number of nitrogens with one attached hydrogen (secondary N) is 1. The van der Waals surface area contributed by atoms with Crippen molar-refractivity contribution < 1.29 is 9.53 Å². The first-order chi connectivity index (χ1) is 9.30. The highest BCUT2D eigenvalue weighted by atomic mass is 16.6. The van der Waals surface area contributed by atoms with Crippen molar-refractivity contribution in [3.05, 3.63) is 23.0 Å². The van der Waals surface area contributed by atoms with E-state index in [1.54, 1.807) is 19.0 Å². The summed E-state index contributed by atoms with van der Waals surface area (Å²) < 4.78 is 5.43. The molecule has 1 N–H and O–H groups in total. The Kier molecular flexibility index (Phi) is 5.36. The molecule has 0 spiro atoms. The predicted molar refractivity (Wildman–Crippen MR) is 81.8 cm³/mol. The van der Waals surface area contributed by atoms with Gasteiger partial charge in [-0.2, -0.15) is 0 Å². The van der Waals surface area contributed by atoms with Crippen LogP contribution in [0.5, 0.6) is 0 Å². The summed E-state index contributed by atoms with van der Waals surface area (Å²) in [5, 5.41) is 3.02. The van der Waals surface area contributed by atoms with Gasteiger partial charge in [0.25, 0.3) is 0 Å². The number of carbonyl (C=O) groups excluding carboxylic acids is 1. The van der Waals surface area contributed by atoms with Crippen molar-refractivity contribution in [3.63, 3.8) is 0 Å². The molecule has 0 saturated heterocycles. The quantitative estimate of drug-likeness (QED) is 0.808. The monoisotopic (exact) mass is 279 g/mol. The lowest BCUT2D eigenvalue weighted by Crippen LogP contribution is -2.34. The SMILES string of the molecule is CN=CC1=C(N(C)C(=O)OC(C)(C)C)C(=CNC)CC1. The third kappa shape index (κ3) is 4.11. The Hall–Kier alpha value is -1.78. The van der Waals surface area contributed by atoms with Crippen molar-refractivity contribution >= 4 is 12.3 Å². The minimum atomic E-state index is -0.504. The Morgan fingerprint density at radius 2 is 2.05 bits per heavy atom. The molecule has 0 atom stereocenters. The lowest BCUT2D eigenvalue weighted by Gasteiger charge is -2.26. The number of aliphatic imine (C=N–C) groups is 1. The van der Waals surface area contributed by atoms with Gasteiger partial charge in [0.05, 0.1) is 5.70 Å². The van der Waals surface area contributed by atoms with Crippen LogP contribution in [0.3, 0.4) is 0 Å². The molecular formula is C15H25N3O2. The molecule has 0 aromatic carbocycles. The number of carbonyl (C=O) groups is 1. The van der Waals surface area contributed by atoms with Gasteiger partial charge in [0, 0.05) is 33.6 Å². The van der Waals surface area contributed by atoms with E-state index >= 15 is 0 Å². The third-order valence-corrected chi connectivity index (χ3v) is 2.88. The van der Waals surface area contributed by atoms with E-state index in [0.29, 0.717) is 0 Å². The molecule has 1 aliphatic carbocycles. The van der Waals surface area contributed by atoms with Gasteiger partial charge in [-0.3, -0.25) is 9.89 Å². The molecule has 0 aromatic heterocycles. The molecule has 0 aromatic rings. The normalized spacial score (nSPS) is 18.0. The molecule has 0 saturated carbocycles. The number of nitrogens with zero attached hydrogens (tertiary/aromatic N) is 2. The molecule has 5 nitrogen and oxygen atoms in total. The van der Waals surface area contributed by atoms with Crippen molar-refractivity contribution in [2.75, 3.05) is 21.1 Å².